The molecule has 0 saturated carbocycles. The predicted molar refractivity (Wildman–Crippen MR) is 77.7 cm³/mol. The summed E-state index contributed by atoms with van der Waals surface area (Å²) in [6.45, 7) is 3.66. The van der Waals surface area contributed by atoms with Crippen LogP contribution in [0.4, 0.5) is 0 Å². The van der Waals surface area contributed by atoms with Gasteiger partial charge in [0.1, 0.15) is 6.54 Å². The van der Waals surface area contributed by atoms with Gasteiger partial charge in [-0.05, 0) is 31.9 Å². The number of rotatable bonds is 4. The Hall–Kier alpha value is -1.86. The van der Waals surface area contributed by atoms with Crippen molar-refractivity contribution in [1.82, 2.24) is 10.2 Å². The first-order chi connectivity index (χ1) is 9.70. The average molecular weight is 271 g/mol. The van der Waals surface area contributed by atoms with Gasteiger partial charge in [-0.2, -0.15) is 5.26 Å². The molecule has 1 N–H and O–H groups in total. The number of hydrogen-bond acceptors (Lipinski definition) is 3. The summed E-state index contributed by atoms with van der Waals surface area (Å²) >= 11 is 0. The van der Waals surface area contributed by atoms with E-state index in [1.165, 1.54) is 0 Å². The molecule has 0 radical (unpaired) electrons. The monoisotopic (exact) mass is 271 g/mol. The fraction of sp³-hybridized carbons (Fsp3) is 0.500. The van der Waals surface area contributed by atoms with E-state index in [1.807, 2.05) is 30.3 Å². The molecule has 2 unspecified atom stereocenters. The third-order valence-electron chi connectivity index (χ3n) is 3.76. The van der Waals surface area contributed by atoms with Gasteiger partial charge in [-0.3, -0.25) is 4.79 Å². The Balaban J connectivity index is 2.04. The van der Waals surface area contributed by atoms with Crippen LogP contribution in [-0.2, 0) is 11.3 Å². The van der Waals surface area contributed by atoms with E-state index in [4.69, 9.17) is 5.26 Å². The summed E-state index contributed by atoms with van der Waals surface area (Å²) in [5, 5.41) is 12.3. The maximum absolute atomic E-state index is 12.6. The molecule has 1 aliphatic rings. The van der Waals surface area contributed by atoms with Crippen molar-refractivity contribution in [2.24, 2.45) is 5.92 Å². The molecule has 2 atom stereocenters. The van der Waals surface area contributed by atoms with Gasteiger partial charge in [-0.25, -0.2) is 0 Å². The second-order valence-electron chi connectivity index (χ2n) is 5.41. The number of hydrogen-bond donors (Lipinski definition) is 1. The van der Waals surface area contributed by atoms with Crippen molar-refractivity contribution in [2.45, 2.75) is 32.4 Å². The van der Waals surface area contributed by atoms with Gasteiger partial charge in [-0.15, -0.1) is 0 Å². The maximum atomic E-state index is 12.6. The largest absolute Gasteiger partial charge is 0.325 e. The van der Waals surface area contributed by atoms with Crippen molar-refractivity contribution in [3.8, 4) is 6.07 Å². The van der Waals surface area contributed by atoms with Gasteiger partial charge in [0.15, 0.2) is 0 Å². The molecule has 1 fully saturated rings. The topological polar surface area (TPSA) is 56.1 Å². The second-order valence-corrected chi connectivity index (χ2v) is 5.41. The number of nitrogens with one attached hydrogen (secondary N) is 1. The van der Waals surface area contributed by atoms with Crippen molar-refractivity contribution >= 4 is 5.91 Å². The molecule has 1 amide bonds. The minimum Gasteiger partial charge on any atom is -0.325 e. The van der Waals surface area contributed by atoms with Crippen molar-refractivity contribution in [3.05, 3.63) is 35.9 Å². The average Bonchev–Trinajstić information content (AvgIpc) is 2.47. The van der Waals surface area contributed by atoms with E-state index in [0.29, 0.717) is 12.6 Å². The van der Waals surface area contributed by atoms with Crippen LogP contribution >= 0.6 is 0 Å². The minimum atomic E-state index is 0.0447. The molecule has 0 aliphatic carbocycles. The molecule has 4 heteroatoms. The molecular formula is C16H21N3O. The van der Waals surface area contributed by atoms with Gasteiger partial charge < -0.3 is 10.2 Å². The Morgan fingerprint density at radius 3 is 2.85 bits per heavy atom. The summed E-state index contributed by atoms with van der Waals surface area (Å²) in [6, 6.07) is 12.3. The lowest BCUT2D eigenvalue weighted by Gasteiger charge is -2.31. The van der Waals surface area contributed by atoms with Gasteiger partial charge >= 0.3 is 0 Å². The van der Waals surface area contributed by atoms with Crippen LogP contribution in [0.1, 0.15) is 25.3 Å². The molecular weight excluding hydrogens is 250 g/mol. The Morgan fingerprint density at radius 2 is 2.20 bits per heavy atom. The Bertz CT molecular complexity index is 480. The van der Waals surface area contributed by atoms with E-state index in [-0.39, 0.29) is 18.4 Å². The highest BCUT2D eigenvalue weighted by Gasteiger charge is 2.28. The number of piperidine rings is 1. The molecule has 1 aromatic rings. The summed E-state index contributed by atoms with van der Waals surface area (Å²) in [5.74, 6) is 0.159. The lowest BCUT2D eigenvalue weighted by atomic mass is 9.92. The lowest BCUT2D eigenvalue weighted by molar-refractivity contribution is -0.136. The fourth-order valence-corrected chi connectivity index (χ4v) is 2.72. The molecule has 2 rings (SSSR count). The number of nitrogens with zero attached hydrogens (tertiary/aromatic N) is 2. The van der Waals surface area contributed by atoms with Crippen LogP contribution in [0.2, 0.25) is 0 Å². The van der Waals surface area contributed by atoms with Crippen molar-refractivity contribution < 1.29 is 4.79 Å². The Kier molecular flexibility index (Phi) is 5.14. The summed E-state index contributed by atoms with van der Waals surface area (Å²) < 4.78 is 0. The summed E-state index contributed by atoms with van der Waals surface area (Å²) in [7, 11) is 0. The van der Waals surface area contributed by atoms with Crippen molar-refractivity contribution in [3.63, 3.8) is 0 Å². The maximum Gasteiger partial charge on any atom is 0.226 e. The van der Waals surface area contributed by atoms with Crippen LogP contribution < -0.4 is 5.32 Å². The molecule has 1 saturated heterocycles. The van der Waals surface area contributed by atoms with Gasteiger partial charge in [0, 0.05) is 18.5 Å². The van der Waals surface area contributed by atoms with Crippen molar-refractivity contribution in [1.29, 1.82) is 5.26 Å². The van der Waals surface area contributed by atoms with Crippen molar-refractivity contribution in [2.75, 3.05) is 13.1 Å². The summed E-state index contributed by atoms with van der Waals surface area (Å²) in [5.41, 5.74) is 1.07. The normalized spacial score (nSPS) is 22.0. The molecule has 1 aromatic carbocycles. The molecule has 4 nitrogen and oxygen atoms in total. The zero-order valence-corrected chi connectivity index (χ0v) is 11.9. The quantitative estimate of drug-likeness (QED) is 0.851. The first-order valence-electron chi connectivity index (χ1n) is 7.13. The van der Waals surface area contributed by atoms with E-state index < -0.39 is 0 Å². The van der Waals surface area contributed by atoms with Gasteiger partial charge in [-0.1, -0.05) is 30.3 Å². The highest BCUT2D eigenvalue weighted by atomic mass is 16.2. The highest BCUT2D eigenvalue weighted by molar-refractivity contribution is 5.79. The standard InChI is InChI=1S/C16H21N3O/c1-13-11-15(7-9-18-13)16(20)19(10-8-17)12-14-5-3-2-4-6-14/h2-6,13,15,18H,7,9-12H2,1H3. The molecule has 0 spiro atoms. The zero-order chi connectivity index (χ0) is 14.4. The molecule has 1 aliphatic heterocycles. The third-order valence-corrected chi connectivity index (χ3v) is 3.76. The lowest BCUT2D eigenvalue weighted by Crippen LogP contribution is -2.44. The van der Waals surface area contributed by atoms with E-state index in [1.54, 1.807) is 4.90 Å². The Morgan fingerprint density at radius 1 is 1.45 bits per heavy atom. The number of amides is 1. The van der Waals surface area contributed by atoms with E-state index >= 15 is 0 Å². The van der Waals surface area contributed by atoms with Crippen LogP contribution in [0.15, 0.2) is 30.3 Å². The van der Waals surface area contributed by atoms with Crippen LogP contribution in [0.3, 0.4) is 0 Å². The minimum absolute atomic E-state index is 0.0447. The number of benzene rings is 1. The number of carbonyl (C=O) groups excluding carboxylic acids is 1. The molecule has 106 valence electrons. The Labute approximate surface area is 120 Å². The first kappa shape index (κ1) is 14.5. The molecule has 1 heterocycles. The fourth-order valence-electron chi connectivity index (χ4n) is 2.72. The van der Waals surface area contributed by atoms with Gasteiger partial charge in [0.25, 0.3) is 0 Å². The molecule has 20 heavy (non-hydrogen) atoms. The van der Waals surface area contributed by atoms with Gasteiger partial charge in [0.05, 0.1) is 6.07 Å². The predicted octanol–water partition coefficient (Wildman–Crippen LogP) is 1.93. The molecule has 0 aromatic heterocycles. The molecule has 0 bridgehead atoms. The zero-order valence-electron chi connectivity index (χ0n) is 11.9. The highest BCUT2D eigenvalue weighted by Crippen LogP contribution is 2.20. The number of nitriles is 1. The van der Waals surface area contributed by atoms with Crippen LogP contribution in [0.5, 0.6) is 0 Å². The van der Waals surface area contributed by atoms with Crippen LogP contribution in [-0.4, -0.2) is 29.9 Å². The SMILES string of the molecule is CC1CC(C(=O)N(CC#N)Cc2ccccc2)CCN1. The summed E-state index contributed by atoms with van der Waals surface area (Å²) in [6.07, 6.45) is 1.72. The summed E-state index contributed by atoms with van der Waals surface area (Å²) in [4.78, 5) is 14.3. The third kappa shape index (κ3) is 3.82. The van der Waals surface area contributed by atoms with Gasteiger partial charge in [0.2, 0.25) is 5.91 Å². The smallest absolute Gasteiger partial charge is 0.226 e. The second kappa shape index (κ2) is 7.06. The van der Waals surface area contributed by atoms with E-state index in [9.17, 15) is 4.79 Å². The first-order valence-corrected chi connectivity index (χ1v) is 7.13. The van der Waals surface area contributed by atoms with Crippen LogP contribution in [0.25, 0.3) is 0 Å². The van der Waals surface area contributed by atoms with E-state index in [2.05, 4.69) is 18.3 Å². The van der Waals surface area contributed by atoms with Crippen LogP contribution in [0, 0.1) is 17.2 Å². The van der Waals surface area contributed by atoms with E-state index in [0.717, 1.165) is 24.9 Å². The number of carbonyl (C=O) groups is 1.